The molecule has 0 aliphatic heterocycles. The van der Waals surface area contributed by atoms with Crippen molar-refractivity contribution in [3.05, 3.63) is 70.8 Å². The highest BCUT2D eigenvalue weighted by molar-refractivity contribution is 5.91. The Kier molecular flexibility index (Phi) is 3.66. The van der Waals surface area contributed by atoms with E-state index in [1.54, 1.807) is 0 Å². The number of fused-ring (bicyclic) bond motifs is 2. The summed E-state index contributed by atoms with van der Waals surface area (Å²) in [4.78, 5) is 12.6. The van der Waals surface area contributed by atoms with E-state index in [1.165, 1.54) is 22.3 Å². The van der Waals surface area contributed by atoms with Gasteiger partial charge in [0.2, 0.25) is 0 Å². The maximum absolute atomic E-state index is 12.6. The molecule has 2 nitrogen and oxygen atoms in total. The molecular weight excluding hydrogens is 246 g/mol. The van der Waals surface area contributed by atoms with Crippen LogP contribution in [0.4, 0.5) is 0 Å². The average Bonchev–Trinajstić information content (AvgIpc) is 2.64. The predicted molar refractivity (Wildman–Crippen MR) is 81.1 cm³/mol. The van der Waals surface area contributed by atoms with Gasteiger partial charge in [0, 0.05) is 0 Å². The topological polar surface area (TPSA) is 29.1 Å². The molecule has 102 valence electrons. The molecule has 0 saturated heterocycles. The molecule has 0 aromatic heterocycles. The van der Waals surface area contributed by atoms with Crippen molar-refractivity contribution >= 4 is 5.78 Å². The van der Waals surface area contributed by atoms with Crippen molar-refractivity contribution in [1.29, 1.82) is 0 Å². The zero-order chi connectivity index (χ0) is 13.9. The van der Waals surface area contributed by atoms with E-state index in [4.69, 9.17) is 0 Å². The van der Waals surface area contributed by atoms with E-state index in [-0.39, 0.29) is 11.7 Å². The molecule has 1 N–H and O–H groups in total. The Morgan fingerprint density at radius 3 is 2.00 bits per heavy atom. The van der Waals surface area contributed by atoms with Gasteiger partial charge in [0.15, 0.2) is 5.78 Å². The molecule has 2 aromatic rings. The van der Waals surface area contributed by atoms with Crippen molar-refractivity contribution in [2.75, 3.05) is 13.6 Å². The highest BCUT2D eigenvalue weighted by atomic mass is 16.1. The first-order valence-corrected chi connectivity index (χ1v) is 7.14. The average molecular weight is 265 g/mol. The van der Waals surface area contributed by atoms with Crippen LogP contribution in [-0.2, 0) is 17.6 Å². The summed E-state index contributed by atoms with van der Waals surface area (Å²) < 4.78 is 0. The number of hydrogen-bond acceptors (Lipinski definition) is 2. The SMILES string of the molecule is CNCC(=O)C1c2ccccc2CCc2ccccc21. The minimum atomic E-state index is -0.127. The molecule has 0 heterocycles. The minimum Gasteiger partial charge on any atom is -0.313 e. The number of aryl methyl sites for hydroxylation is 2. The number of rotatable bonds is 3. The van der Waals surface area contributed by atoms with E-state index in [0.29, 0.717) is 6.54 Å². The van der Waals surface area contributed by atoms with E-state index in [9.17, 15) is 4.79 Å². The molecule has 0 saturated carbocycles. The van der Waals surface area contributed by atoms with Gasteiger partial charge in [-0.15, -0.1) is 0 Å². The third kappa shape index (κ3) is 2.27. The zero-order valence-electron chi connectivity index (χ0n) is 11.7. The molecule has 1 aliphatic rings. The number of benzene rings is 2. The minimum absolute atomic E-state index is 0.127. The van der Waals surface area contributed by atoms with Crippen LogP contribution in [0.2, 0.25) is 0 Å². The van der Waals surface area contributed by atoms with Crippen molar-refractivity contribution in [2.24, 2.45) is 0 Å². The zero-order valence-corrected chi connectivity index (χ0v) is 11.7. The van der Waals surface area contributed by atoms with Gasteiger partial charge in [-0.05, 0) is 42.1 Å². The molecule has 2 aromatic carbocycles. The summed E-state index contributed by atoms with van der Waals surface area (Å²) in [5.74, 6) is 0.117. The van der Waals surface area contributed by atoms with E-state index in [2.05, 4.69) is 41.7 Å². The Hall–Kier alpha value is -1.93. The lowest BCUT2D eigenvalue weighted by Gasteiger charge is -2.19. The monoisotopic (exact) mass is 265 g/mol. The molecule has 0 amide bonds. The first-order valence-electron chi connectivity index (χ1n) is 7.14. The van der Waals surface area contributed by atoms with Gasteiger partial charge >= 0.3 is 0 Å². The second-order valence-electron chi connectivity index (χ2n) is 5.33. The lowest BCUT2D eigenvalue weighted by molar-refractivity contribution is -0.118. The molecule has 0 spiro atoms. The van der Waals surface area contributed by atoms with E-state index in [0.717, 1.165) is 12.8 Å². The van der Waals surface area contributed by atoms with Crippen LogP contribution in [0.5, 0.6) is 0 Å². The van der Waals surface area contributed by atoms with Crippen molar-refractivity contribution in [1.82, 2.24) is 5.32 Å². The summed E-state index contributed by atoms with van der Waals surface area (Å²) in [7, 11) is 1.83. The third-order valence-corrected chi connectivity index (χ3v) is 4.07. The molecule has 0 unspecified atom stereocenters. The van der Waals surface area contributed by atoms with Crippen LogP contribution < -0.4 is 5.32 Å². The van der Waals surface area contributed by atoms with Crippen molar-refractivity contribution in [3.63, 3.8) is 0 Å². The van der Waals surface area contributed by atoms with Gasteiger partial charge in [-0.3, -0.25) is 4.79 Å². The summed E-state index contributed by atoms with van der Waals surface area (Å²) in [6, 6.07) is 16.7. The summed E-state index contributed by atoms with van der Waals surface area (Å²) in [5.41, 5.74) is 4.96. The van der Waals surface area contributed by atoms with Gasteiger partial charge in [-0.25, -0.2) is 0 Å². The largest absolute Gasteiger partial charge is 0.313 e. The third-order valence-electron chi connectivity index (χ3n) is 4.07. The molecule has 1 aliphatic carbocycles. The number of Topliss-reactive ketones (excluding diaryl/α,β-unsaturated/α-hetero) is 1. The number of likely N-dealkylation sites (N-methyl/N-ethyl adjacent to an activating group) is 1. The predicted octanol–water partition coefficient (Wildman–Crippen LogP) is 2.71. The van der Waals surface area contributed by atoms with Gasteiger partial charge < -0.3 is 5.32 Å². The van der Waals surface area contributed by atoms with E-state index in [1.807, 2.05) is 19.2 Å². The van der Waals surface area contributed by atoms with Gasteiger partial charge in [0.25, 0.3) is 0 Å². The fourth-order valence-electron chi connectivity index (χ4n) is 3.15. The molecule has 0 fully saturated rings. The lowest BCUT2D eigenvalue weighted by Crippen LogP contribution is -2.26. The number of nitrogens with one attached hydrogen (secondary N) is 1. The quantitative estimate of drug-likeness (QED) is 0.924. The summed E-state index contributed by atoms with van der Waals surface area (Å²) in [6.07, 6.45) is 2.02. The van der Waals surface area contributed by atoms with E-state index < -0.39 is 0 Å². The van der Waals surface area contributed by atoms with E-state index >= 15 is 0 Å². The summed E-state index contributed by atoms with van der Waals surface area (Å²) in [6.45, 7) is 0.410. The van der Waals surface area contributed by atoms with Gasteiger partial charge in [0.1, 0.15) is 0 Å². The molecule has 0 bridgehead atoms. The standard InChI is InChI=1S/C18H19NO/c1-19-12-17(20)18-15-8-4-2-6-13(15)10-11-14-7-3-5-9-16(14)18/h2-9,18-19H,10-12H2,1H3. The van der Waals surface area contributed by atoms with Crippen LogP contribution in [0.3, 0.4) is 0 Å². The second kappa shape index (κ2) is 5.59. The van der Waals surface area contributed by atoms with Crippen LogP contribution in [0.1, 0.15) is 28.2 Å². The Morgan fingerprint density at radius 2 is 1.50 bits per heavy atom. The summed E-state index contributed by atoms with van der Waals surface area (Å²) in [5, 5.41) is 3.00. The van der Waals surface area contributed by atoms with Crippen LogP contribution in [0.25, 0.3) is 0 Å². The van der Waals surface area contributed by atoms with Crippen molar-refractivity contribution in [2.45, 2.75) is 18.8 Å². The number of hydrogen-bond donors (Lipinski definition) is 1. The summed E-state index contributed by atoms with van der Waals surface area (Å²) >= 11 is 0. The van der Waals surface area contributed by atoms with Crippen LogP contribution in [-0.4, -0.2) is 19.4 Å². The first kappa shape index (κ1) is 13.1. The number of ketones is 1. The molecule has 0 radical (unpaired) electrons. The van der Waals surface area contributed by atoms with Gasteiger partial charge in [-0.2, -0.15) is 0 Å². The fourth-order valence-corrected chi connectivity index (χ4v) is 3.15. The maximum atomic E-state index is 12.6. The molecular formula is C18H19NO. The normalized spacial score (nSPS) is 14.2. The molecule has 3 rings (SSSR count). The second-order valence-corrected chi connectivity index (χ2v) is 5.33. The highest BCUT2D eigenvalue weighted by Crippen LogP contribution is 2.34. The van der Waals surface area contributed by atoms with Crippen LogP contribution in [0.15, 0.2) is 48.5 Å². The Labute approximate surface area is 119 Å². The van der Waals surface area contributed by atoms with Gasteiger partial charge in [0.05, 0.1) is 12.5 Å². The molecule has 0 atom stereocenters. The van der Waals surface area contributed by atoms with Crippen molar-refractivity contribution in [3.8, 4) is 0 Å². The number of carbonyl (C=O) groups excluding carboxylic acids is 1. The molecule has 20 heavy (non-hydrogen) atoms. The smallest absolute Gasteiger partial charge is 0.158 e. The Bertz CT molecular complexity index is 585. The van der Waals surface area contributed by atoms with Gasteiger partial charge in [-0.1, -0.05) is 48.5 Å². The maximum Gasteiger partial charge on any atom is 0.158 e. The fraction of sp³-hybridized carbons (Fsp3) is 0.278. The van der Waals surface area contributed by atoms with Crippen molar-refractivity contribution < 1.29 is 4.79 Å². The first-order chi connectivity index (χ1) is 9.81. The Balaban J connectivity index is 2.16. The highest BCUT2D eigenvalue weighted by Gasteiger charge is 2.28. The molecule has 2 heteroatoms. The Morgan fingerprint density at radius 1 is 1.00 bits per heavy atom. The van der Waals surface area contributed by atoms with Crippen LogP contribution in [0, 0.1) is 0 Å². The number of carbonyl (C=O) groups is 1. The van der Waals surface area contributed by atoms with Crippen LogP contribution >= 0.6 is 0 Å². The lowest BCUT2D eigenvalue weighted by atomic mass is 9.85.